The summed E-state index contributed by atoms with van der Waals surface area (Å²) >= 11 is 0. The van der Waals surface area contributed by atoms with Crippen LogP contribution in [-0.4, -0.2) is 28.5 Å². The third kappa shape index (κ3) is 1.48. The van der Waals surface area contributed by atoms with Crippen molar-refractivity contribution in [3.8, 4) is 5.88 Å². The molecule has 0 aliphatic rings. The first-order valence-electron chi connectivity index (χ1n) is 4.08. The molecule has 0 amide bonds. The molecule has 0 fully saturated rings. The van der Waals surface area contributed by atoms with E-state index in [9.17, 15) is 0 Å². The summed E-state index contributed by atoms with van der Waals surface area (Å²) < 4.78 is 5.22. The molecule has 0 unspecified atom stereocenters. The molecule has 1 heterocycles. The number of nitrogens with one attached hydrogen (secondary N) is 1. The van der Waals surface area contributed by atoms with Gasteiger partial charge in [-0.1, -0.05) is 12.1 Å². The number of aromatic amines is 1. The van der Waals surface area contributed by atoms with Gasteiger partial charge in [0.2, 0.25) is 5.88 Å². The van der Waals surface area contributed by atoms with Crippen molar-refractivity contribution in [3.05, 3.63) is 24.3 Å². The van der Waals surface area contributed by atoms with Gasteiger partial charge < -0.3 is 9.84 Å². The summed E-state index contributed by atoms with van der Waals surface area (Å²) in [6, 6.07) is 7.69. The van der Waals surface area contributed by atoms with Crippen molar-refractivity contribution < 1.29 is 9.84 Å². The van der Waals surface area contributed by atoms with Gasteiger partial charge in [0.25, 0.3) is 0 Å². The summed E-state index contributed by atoms with van der Waals surface area (Å²) in [5, 5.41) is 16.3. The standard InChI is InChI=1S/C9H10N2O2/c12-5-6-13-9-7-3-1-2-4-8(7)10-11-9/h1-4,12H,5-6H2,(H,10,11). The number of aliphatic hydroxyl groups excluding tert-OH is 1. The minimum absolute atomic E-state index is 0.00118. The van der Waals surface area contributed by atoms with Crippen LogP contribution in [0.25, 0.3) is 10.9 Å². The van der Waals surface area contributed by atoms with Crippen LogP contribution in [0, 0.1) is 0 Å². The van der Waals surface area contributed by atoms with E-state index in [0.29, 0.717) is 5.88 Å². The Balaban J connectivity index is 2.35. The number of hydrogen-bond donors (Lipinski definition) is 2. The predicted molar refractivity (Wildman–Crippen MR) is 48.7 cm³/mol. The fourth-order valence-electron chi connectivity index (χ4n) is 1.19. The fraction of sp³-hybridized carbons (Fsp3) is 0.222. The molecule has 0 radical (unpaired) electrons. The average Bonchev–Trinajstić information content (AvgIpc) is 2.58. The van der Waals surface area contributed by atoms with Crippen molar-refractivity contribution in [1.29, 1.82) is 0 Å². The molecule has 13 heavy (non-hydrogen) atoms. The monoisotopic (exact) mass is 178 g/mol. The second kappa shape index (κ2) is 3.45. The lowest BCUT2D eigenvalue weighted by atomic mass is 10.2. The van der Waals surface area contributed by atoms with Crippen LogP contribution >= 0.6 is 0 Å². The van der Waals surface area contributed by atoms with Crippen molar-refractivity contribution in [1.82, 2.24) is 10.2 Å². The smallest absolute Gasteiger partial charge is 0.240 e. The Hall–Kier alpha value is -1.55. The fourth-order valence-corrected chi connectivity index (χ4v) is 1.19. The van der Waals surface area contributed by atoms with Gasteiger partial charge >= 0.3 is 0 Å². The molecule has 1 aromatic heterocycles. The van der Waals surface area contributed by atoms with E-state index in [0.717, 1.165) is 10.9 Å². The number of hydrogen-bond acceptors (Lipinski definition) is 3. The van der Waals surface area contributed by atoms with Crippen molar-refractivity contribution in [3.63, 3.8) is 0 Å². The number of H-pyrrole nitrogens is 1. The molecule has 0 saturated heterocycles. The number of benzene rings is 1. The topological polar surface area (TPSA) is 58.1 Å². The Bertz CT molecular complexity index is 397. The molecule has 4 nitrogen and oxygen atoms in total. The lowest BCUT2D eigenvalue weighted by Crippen LogP contribution is -2.01. The van der Waals surface area contributed by atoms with Gasteiger partial charge in [-0.2, -0.15) is 0 Å². The Morgan fingerprint density at radius 1 is 1.38 bits per heavy atom. The molecule has 68 valence electrons. The molecule has 0 saturated carbocycles. The summed E-state index contributed by atoms with van der Waals surface area (Å²) in [5.74, 6) is 0.546. The minimum atomic E-state index is 0.00118. The first-order chi connectivity index (χ1) is 6.42. The largest absolute Gasteiger partial charge is 0.474 e. The van der Waals surface area contributed by atoms with Crippen molar-refractivity contribution in [2.24, 2.45) is 0 Å². The van der Waals surface area contributed by atoms with Gasteiger partial charge in [-0.3, -0.25) is 5.10 Å². The van der Waals surface area contributed by atoms with Gasteiger partial charge in [0.05, 0.1) is 17.5 Å². The summed E-state index contributed by atoms with van der Waals surface area (Å²) in [6.07, 6.45) is 0. The zero-order chi connectivity index (χ0) is 9.10. The minimum Gasteiger partial charge on any atom is -0.474 e. The number of para-hydroxylation sites is 1. The normalized spacial score (nSPS) is 10.5. The molecular formula is C9H10N2O2. The maximum absolute atomic E-state index is 8.57. The van der Waals surface area contributed by atoms with Crippen LogP contribution in [0.15, 0.2) is 24.3 Å². The van der Waals surface area contributed by atoms with Crippen LogP contribution in [0.3, 0.4) is 0 Å². The predicted octanol–water partition coefficient (Wildman–Crippen LogP) is 0.934. The number of fused-ring (bicyclic) bond motifs is 1. The van der Waals surface area contributed by atoms with E-state index in [4.69, 9.17) is 9.84 Å². The average molecular weight is 178 g/mol. The van der Waals surface area contributed by atoms with Gasteiger partial charge in [0.1, 0.15) is 6.61 Å². The molecule has 2 aromatic rings. The van der Waals surface area contributed by atoms with Crippen molar-refractivity contribution in [2.45, 2.75) is 0 Å². The molecule has 0 bridgehead atoms. The molecule has 2 N–H and O–H groups in total. The first kappa shape index (κ1) is 8.07. The Morgan fingerprint density at radius 2 is 2.23 bits per heavy atom. The van der Waals surface area contributed by atoms with E-state index in [1.165, 1.54) is 0 Å². The van der Waals surface area contributed by atoms with E-state index in [1.54, 1.807) is 0 Å². The molecule has 0 spiro atoms. The highest BCUT2D eigenvalue weighted by atomic mass is 16.5. The highest BCUT2D eigenvalue weighted by Crippen LogP contribution is 2.21. The van der Waals surface area contributed by atoms with Gasteiger partial charge in [0.15, 0.2) is 0 Å². The molecular weight excluding hydrogens is 168 g/mol. The highest BCUT2D eigenvalue weighted by molar-refractivity contribution is 5.83. The van der Waals surface area contributed by atoms with Crippen LogP contribution in [0.5, 0.6) is 5.88 Å². The number of aromatic nitrogens is 2. The van der Waals surface area contributed by atoms with Crippen LogP contribution in [-0.2, 0) is 0 Å². The first-order valence-corrected chi connectivity index (χ1v) is 4.08. The van der Waals surface area contributed by atoms with E-state index in [2.05, 4.69) is 10.2 Å². The summed E-state index contributed by atoms with van der Waals surface area (Å²) in [7, 11) is 0. The maximum Gasteiger partial charge on any atom is 0.240 e. The zero-order valence-corrected chi connectivity index (χ0v) is 7.03. The number of nitrogens with zero attached hydrogens (tertiary/aromatic N) is 1. The van der Waals surface area contributed by atoms with Gasteiger partial charge in [0, 0.05) is 0 Å². The third-order valence-corrected chi connectivity index (χ3v) is 1.77. The van der Waals surface area contributed by atoms with Gasteiger partial charge in [-0.25, -0.2) is 0 Å². The second-order valence-electron chi connectivity index (χ2n) is 2.65. The number of rotatable bonds is 3. The van der Waals surface area contributed by atoms with E-state index in [1.807, 2.05) is 24.3 Å². The van der Waals surface area contributed by atoms with Crippen LogP contribution < -0.4 is 4.74 Å². The van der Waals surface area contributed by atoms with E-state index >= 15 is 0 Å². The third-order valence-electron chi connectivity index (χ3n) is 1.77. The highest BCUT2D eigenvalue weighted by Gasteiger charge is 2.04. The van der Waals surface area contributed by atoms with Crippen LogP contribution in [0.2, 0.25) is 0 Å². The molecule has 1 aromatic carbocycles. The SMILES string of the molecule is OCCOc1n[nH]c2ccccc12. The zero-order valence-electron chi connectivity index (χ0n) is 7.03. The van der Waals surface area contributed by atoms with Crippen LogP contribution in [0.4, 0.5) is 0 Å². The molecule has 4 heteroatoms. The lowest BCUT2D eigenvalue weighted by Gasteiger charge is -1.98. The maximum atomic E-state index is 8.57. The summed E-state index contributed by atoms with van der Waals surface area (Å²) in [6.45, 7) is 0.274. The molecule has 0 atom stereocenters. The Morgan fingerprint density at radius 3 is 3.08 bits per heavy atom. The van der Waals surface area contributed by atoms with Crippen LogP contribution in [0.1, 0.15) is 0 Å². The second-order valence-corrected chi connectivity index (χ2v) is 2.65. The van der Waals surface area contributed by atoms with Gasteiger partial charge in [-0.05, 0) is 12.1 Å². The van der Waals surface area contributed by atoms with E-state index < -0.39 is 0 Å². The van der Waals surface area contributed by atoms with Crippen molar-refractivity contribution >= 4 is 10.9 Å². The molecule has 0 aliphatic carbocycles. The number of ether oxygens (including phenoxy) is 1. The van der Waals surface area contributed by atoms with Gasteiger partial charge in [-0.15, -0.1) is 5.10 Å². The molecule has 0 aliphatic heterocycles. The quantitative estimate of drug-likeness (QED) is 0.735. The summed E-state index contributed by atoms with van der Waals surface area (Å²) in [4.78, 5) is 0. The van der Waals surface area contributed by atoms with Crippen molar-refractivity contribution in [2.75, 3.05) is 13.2 Å². The lowest BCUT2D eigenvalue weighted by molar-refractivity contribution is 0.198. The van der Waals surface area contributed by atoms with E-state index in [-0.39, 0.29) is 13.2 Å². The Kier molecular flexibility index (Phi) is 2.14. The molecule has 2 rings (SSSR count). The Labute approximate surface area is 75.1 Å². The summed E-state index contributed by atoms with van der Waals surface area (Å²) in [5.41, 5.74) is 0.940. The number of aliphatic hydroxyl groups is 1.